The van der Waals surface area contributed by atoms with Gasteiger partial charge in [0, 0.05) is 12.6 Å². The van der Waals surface area contributed by atoms with E-state index in [-0.39, 0.29) is 0 Å². The maximum atomic E-state index is 12.2. The average Bonchev–Trinajstić information content (AvgIpc) is 2.34. The van der Waals surface area contributed by atoms with Gasteiger partial charge in [-0.15, -0.1) is 0 Å². The van der Waals surface area contributed by atoms with Crippen LogP contribution in [0.5, 0.6) is 0 Å². The first-order valence-electron chi connectivity index (χ1n) is 6.22. The van der Waals surface area contributed by atoms with Gasteiger partial charge in [-0.05, 0) is 23.3 Å². The molecule has 19 heavy (non-hydrogen) atoms. The zero-order valence-electron chi connectivity index (χ0n) is 10.7. The van der Waals surface area contributed by atoms with Crippen LogP contribution in [0.15, 0.2) is 42.5 Å². The number of nitrogens with one attached hydrogen (secondary N) is 1. The predicted octanol–water partition coefficient (Wildman–Crippen LogP) is 4.27. The number of hydrogen-bond acceptors (Lipinski definition) is 1. The molecule has 0 bridgehead atoms. The van der Waals surface area contributed by atoms with Gasteiger partial charge in [-0.1, -0.05) is 42.5 Å². The highest BCUT2D eigenvalue weighted by molar-refractivity contribution is 5.85. The van der Waals surface area contributed by atoms with E-state index < -0.39 is 18.6 Å². The molecule has 1 unspecified atom stereocenters. The lowest BCUT2D eigenvalue weighted by Crippen LogP contribution is -2.30. The average molecular weight is 267 g/mol. The van der Waals surface area contributed by atoms with Crippen LogP contribution in [0.2, 0.25) is 0 Å². The Morgan fingerprint density at radius 1 is 1.05 bits per heavy atom. The second kappa shape index (κ2) is 5.61. The summed E-state index contributed by atoms with van der Waals surface area (Å²) < 4.78 is 36.7. The monoisotopic (exact) mass is 267 g/mol. The highest BCUT2D eigenvalue weighted by atomic mass is 19.4. The lowest BCUT2D eigenvalue weighted by atomic mass is 10.0. The molecule has 0 amide bonds. The van der Waals surface area contributed by atoms with Crippen molar-refractivity contribution in [3.8, 4) is 0 Å². The second-order valence-corrected chi connectivity index (χ2v) is 4.74. The summed E-state index contributed by atoms with van der Waals surface area (Å²) in [5, 5.41) is 5.11. The molecule has 4 heteroatoms. The largest absolute Gasteiger partial charge is 0.390 e. The van der Waals surface area contributed by atoms with Gasteiger partial charge >= 0.3 is 6.18 Å². The van der Waals surface area contributed by atoms with E-state index in [4.69, 9.17) is 0 Å². The number of rotatable bonds is 4. The van der Waals surface area contributed by atoms with Crippen molar-refractivity contribution in [2.75, 3.05) is 0 Å². The SMILES string of the molecule is CC(CC(F)(F)F)NCc1cccc2ccccc12. The maximum Gasteiger partial charge on any atom is 0.390 e. The van der Waals surface area contributed by atoms with E-state index in [0.717, 1.165) is 16.3 Å². The molecule has 0 aliphatic heterocycles. The molecule has 0 saturated carbocycles. The first-order chi connectivity index (χ1) is 8.96. The lowest BCUT2D eigenvalue weighted by Gasteiger charge is -2.16. The van der Waals surface area contributed by atoms with Crippen molar-refractivity contribution < 1.29 is 13.2 Å². The molecule has 0 spiro atoms. The fourth-order valence-corrected chi connectivity index (χ4v) is 2.15. The summed E-state index contributed by atoms with van der Waals surface area (Å²) in [5.41, 5.74) is 1.02. The van der Waals surface area contributed by atoms with Gasteiger partial charge < -0.3 is 5.32 Å². The Labute approximate surface area is 110 Å². The molecular formula is C15H16F3N. The second-order valence-electron chi connectivity index (χ2n) is 4.74. The van der Waals surface area contributed by atoms with Gasteiger partial charge in [0.1, 0.15) is 0 Å². The van der Waals surface area contributed by atoms with E-state index in [1.165, 1.54) is 0 Å². The summed E-state index contributed by atoms with van der Waals surface area (Å²) in [5.74, 6) is 0. The van der Waals surface area contributed by atoms with E-state index in [1.807, 2.05) is 42.5 Å². The van der Waals surface area contributed by atoms with Crippen LogP contribution in [0.1, 0.15) is 18.9 Å². The summed E-state index contributed by atoms with van der Waals surface area (Å²) in [4.78, 5) is 0. The maximum absolute atomic E-state index is 12.2. The minimum absolute atomic E-state index is 0.443. The molecule has 102 valence electrons. The molecule has 1 N–H and O–H groups in total. The zero-order chi connectivity index (χ0) is 13.9. The van der Waals surface area contributed by atoms with E-state index in [1.54, 1.807) is 6.92 Å². The summed E-state index contributed by atoms with van der Waals surface area (Å²) in [6.07, 6.45) is -4.93. The van der Waals surface area contributed by atoms with Gasteiger partial charge in [-0.25, -0.2) is 0 Å². The standard InChI is InChI=1S/C15H16F3N/c1-11(9-15(16,17)18)19-10-13-7-4-6-12-5-2-3-8-14(12)13/h2-8,11,19H,9-10H2,1H3. The molecule has 0 heterocycles. The number of benzene rings is 2. The molecule has 1 atom stereocenters. The van der Waals surface area contributed by atoms with Crippen LogP contribution in [0, 0.1) is 0 Å². The Kier molecular flexibility index (Phi) is 4.10. The summed E-state index contributed by atoms with van der Waals surface area (Å²) in [6.45, 7) is 2.00. The Bertz CT molecular complexity index is 543. The van der Waals surface area contributed by atoms with Gasteiger partial charge in [-0.2, -0.15) is 13.2 Å². The van der Waals surface area contributed by atoms with E-state index in [2.05, 4.69) is 5.32 Å². The topological polar surface area (TPSA) is 12.0 Å². The number of fused-ring (bicyclic) bond motifs is 1. The molecule has 0 aliphatic rings. The Morgan fingerprint density at radius 3 is 2.47 bits per heavy atom. The van der Waals surface area contributed by atoms with Crippen molar-refractivity contribution in [1.82, 2.24) is 5.32 Å². The van der Waals surface area contributed by atoms with Gasteiger partial charge in [0.2, 0.25) is 0 Å². The molecule has 0 aromatic heterocycles. The fourth-order valence-electron chi connectivity index (χ4n) is 2.15. The van der Waals surface area contributed by atoms with E-state index in [9.17, 15) is 13.2 Å². The van der Waals surface area contributed by atoms with Crippen molar-refractivity contribution >= 4 is 10.8 Å². The van der Waals surface area contributed by atoms with Crippen molar-refractivity contribution in [3.63, 3.8) is 0 Å². The van der Waals surface area contributed by atoms with Gasteiger partial charge in [0.15, 0.2) is 0 Å². The van der Waals surface area contributed by atoms with Crippen LogP contribution in [0.4, 0.5) is 13.2 Å². The van der Waals surface area contributed by atoms with Crippen molar-refractivity contribution in [1.29, 1.82) is 0 Å². The predicted molar refractivity (Wildman–Crippen MR) is 70.9 cm³/mol. The first-order valence-corrected chi connectivity index (χ1v) is 6.22. The van der Waals surface area contributed by atoms with Gasteiger partial charge in [0.05, 0.1) is 6.42 Å². The third-order valence-electron chi connectivity index (χ3n) is 3.06. The van der Waals surface area contributed by atoms with Crippen molar-refractivity contribution in [3.05, 3.63) is 48.0 Å². The quantitative estimate of drug-likeness (QED) is 0.872. The molecule has 0 aliphatic carbocycles. The van der Waals surface area contributed by atoms with Crippen LogP contribution >= 0.6 is 0 Å². The van der Waals surface area contributed by atoms with Crippen LogP contribution < -0.4 is 5.32 Å². The Hall–Kier alpha value is -1.55. The van der Waals surface area contributed by atoms with E-state index >= 15 is 0 Å². The van der Waals surface area contributed by atoms with Gasteiger partial charge in [0.25, 0.3) is 0 Å². The highest BCUT2D eigenvalue weighted by Crippen LogP contribution is 2.22. The zero-order valence-corrected chi connectivity index (χ0v) is 10.7. The Morgan fingerprint density at radius 2 is 1.74 bits per heavy atom. The molecular weight excluding hydrogens is 251 g/mol. The highest BCUT2D eigenvalue weighted by Gasteiger charge is 2.29. The molecule has 2 aromatic rings. The number of hydrogen-bond donors (Lipinski definition) is 1. The summed E-state index contributed by atoms with van der Waals surface area (Å²) in [7, 11) is 0. The lowest BCUT2D eigenvalue weighted by molar-refractivity contribution is -0.139. The summed E-state index contributed by atoms with van der Waals surface area (Å²) >= 11 is 0. The third-order valence-corrected chi connectivity index (χ3v) is 3.06. The normalized spacial score (nSPS) is 13.7. The van der Waals surface area contributed by atoms with Crippen LogP contribution in [0.25, 0.3) is 10.8 Å². The Balaban J connectivity index is 2.06. The number of alkyl halides is 3. The van der Waals surface area contributed by atoms with Crippen LogP contribution in [-0.2, 0) is 6.54 Å². The minimum Gasteiger partial charge on any atom is -0.310 e. The van der Waals surface area contributed by atoms with Crippen molar-refractivity contribution in [2.45, 2.75) is 32.1 Å². The molecule has 0 fully saturated rings. The molecule has 2 aromatic carbocycles. The smallest absolute Gasteiger partial charge is 0.310 e. The molecule has 1 nitrogen and oxygen atoms in total. The van der Waals surface area contributed by atoms with E-state index in [0.29, 0.717) is 6.54 Å². The third kappa shape index (κ3) is 3.96. The first kappa shape index (κ1) is 13.9. The molecule has 0 radical (unpaired) electrons. The van der Waals surface area contributed by atoms with Crippen molar-refractivity contribution in [2.24, 2.45) is 0 Å². The van der Waals surface area contributed by atoms with Crippen LogP contribution in [0.3, 0.4) is 0 Å². The fraction of sp³-hybridized carbons (Fsp3) is 0.333. The number of halogens is 3. The molecule has 0 saturated heterocycles. The molecule has 2 rings (SSSR count). The minimum atomic E-state index is -4.12. The van der Waals surface area contributed by atoms with Crippen LogP contribution in [-0.4, -0.2) is 12.2 Å². The summed E-state index contributed by atoms with van der Waals surface area (Å²) in [6, 6.07) is 13.1. The van der Waals surface area contributed by atoms with Gasteiger partial charge in [-0.3, -0.25) is 0 Å².